The summed E-state index contributed by atoms with van der Waals surface area (Å²) in [6.45, 7) is 5.48. The standard InChI is InChI=1S/C17H22N2O4S/c1-10-7-12(11(2)18(10)4)14(20)8-23-16(22)13-9-24-17(3)6-5-15(21)19(13)17/h7,13H,5-6,8-9H2,1-4H3/t13-,17-/m0/s1. The van der Waals surface area contributed by atoms with Gasteiger partial charge in [-0.1, -0.05) is 0 Å². The fourth-order valence-electron chi connectivity index (χ4n) is 3.44. The van der Waals surface area contributed by atoms with E-state index in [1.165, 1.54) is 0 Å². The van der Waals surface area contributed by atoms with Gasteiger partial charge in [0.1, 0.15) is 6.04 Å². The summed E-state index contributed by atoms with van der Waals surface area (Å²) in [4.78, 5) is 38.1. The number of ketones is 1. The van der Waals surface area contributed by atoms with E-state index in [4.69, 9.17) is 4.74 Å². The number of hydrogen-bond acceptors (Lipinski definition) is 5. The average Bonchev–Trinajstić information content (AvgIpc) is 3.12. The Morgan fingerprint density at radius 2 is 2.12 bits per heavy atom. The molecule has 3 heterocycles. The fourth-order valence-corrected chi connectivity index (χ4v) is 4.86. The summed E-state index contributed by atoms with van der Waals surface area (Å²) in [6, 6.07) is 1.22. The van der Waals surface area contributed by atoms with Crippen LogP contribution in [0.5, 0.6) is 0 Å². The second-order valence-electron chi connectivity index (χ2n) is 6.64. The minimum absolute atomic E-state index is 0.00898. The number of thioether (sulfide) groups is 1. The lowest BCUT2D eigenvalue weighted by Gasteiger charge is -2.29. The molecular formula is C17H22N2O4S. The van der Waals surface area contributed by atoms with Crippen molar-refractivity contribution in [3.05, 3.63) is 23.0 Å². The van der Waals surface area contributed by atoms with Crippen LogP contribution in [0.4, 0.5) is 0 Å². The first-order valence-corrected chi connectivity index (χ1v) is 9.02. The molecule has 0 radical (unpaired) electrons. The molecule has 6 nitrogen and oxygen atoms in total. The Hall–Kier alpha value is -1.76. The van der Waals surface area contributed by atoms with Crippen LogP contribution in [0.3, 0.4) is 0 Å². The fraction of sp³-hybridized carbons (Fsp3) is 0.588. The lowest BCUT2D eigenvalue weighted by atomic mass is 10.1. The SMILES string of the molecule is Cc1cc(C(=O)COC(=O)[C@@H]2CS[C@@]3(C)CCC(=O)N23)c(C)n1C. The van der Waals surface area contributed by atoms with Crippen LogP contribution in [-0.4, -0.2) is 50.4 Å². The summed E-state index contributed by atoms with van der Waals surface area (Å²) in [5.74, 6) is -0.185. The molecule has 0 N–H and O–H groups in total. The molecule has 2 aliphatic rings. The number of aryl methyl sites for hydroxylation is 1. The van der Waals surface area contributed by atoms with E-state index >= 15 is 0 Å². The largest absolute Gasteiger partial charge is 0.456 e. The van der Waals surface area contributed by atoms with E-state index in [1.807, 2.05) is 32.4 Å². The molecule has 2 fully saturated rings. The highest BCUT2D eigenvalue weighted by Gasteiger charge is 2.53. The van der Waals surface area contributed by atoms with Crippen LogP contribution in [0.25, 0.3) is 0 Å². The zero-order chi connectivity index (χ0) is 17.6. The first-order chi connectivity index (χ1) is 11.2. The first-order valence-electron chi connectivity index (χ1n) is 8.03. The van der Waals surface area contributed by atoms with Crippen molar-refractivity contribution in [1.29, 1.82) is 0 Å². The maximum absolute atomic E-state index is 12.4. The Kier molecular flexibility index (Phi) is 4.23. The number of nitrogens with zero attached hydrogens (tertiary/aromatic N) is 2. The maximum Gasteiger partial charge on any atom is 0.330 e. The van der Waals surface area contributed by atoms with Crippen molar-refractivity contribution in [1.82, 2.24) is 9.47 Å². The Morgan fingerprint density at radius 3 is 2.75 bits per heavy atom. The van der Waals surface area contributed by atoms with Gasteiger partial charge in [0.05, 0.1) is 4.87 Å². The number of carbonyl (C=O) groups is 3. The van der Waals surface area contributed by atoms with Crippen molar-refractivity contribution in [2.45, 2.75) is 44.5 Å². The molecule has 2 atom stereocenters. The lowest BCUT2D eigenvalue weighted by Crippen LogP contribution is -2.46. The molecule has 0 unspecified atom stereocenters. The van der Waals surface area contributed by atoms with Crippen molar-refractivity contribution in [3.8, 4) is 0 Å². The molecule has 0 aliphatic carbocycles. The van der Waals surface area contributed by atoms with Crippen molar-refractivity contribution in [3.63, 3.8) is 0 Å². The topological polar surface area (TPSA) is 68.6 Å². The van der Waals surface area contributed by atoms with Gasteiger partial charge in [0.15, 0.2) is 6.61 Å². The summed E-state index contributed by atoms with van der Waals surface area (Å²) in [6.07, 6.45) is 1.22. The van der Waals surface area contributed by atoms with Crippen molar-refractivity contribution in [2.75, 3.05) is 12.4 Å². The summed E-state index contributed by atoms with van der Waals surface area (Å²) in [5.41, 5.74) is 2.41. The Balaban J connectivity index is 1.65. The van der Waals surface area contributed by atoms with Crippen LogP contribution in [0.2, 0.25) is 0 Å². The van der Waals surface area contributed by atoms with Gasteiger partial charge in [-0.2, -0.15) is 0 Å². The minimum Gasteiger partial charge on any atom is -0.456 e. The average molecular weight is 350 g/mol. The number of esters is 1. The lowest BCUT2D eigenvalue weighted by molar-refractivity contribution is -0.152. The highest BCUT2D eigenvalue weighted by molar-refractivity contribution is 8.01. The van der Waals surface area contributed by atoms with Crippen LogP contribution in [0, 0.1) is 13.8 Å². The van der Waals surface area contributed by atoms with Gasteiger partial charge in [-0.3, -0.25) is 9.59 Å². The maximum atomic E-state index is 12.4. The van der Waals surface area contributed by atoms with Crippen LogP contribution in [0.1, 0.15) is 41.5 Å². The number of aromatic nitrogens is 1. The van der Waals surface area contributed by atoms with Crippen LogP contribution in [-0.2, 0) is 21.4 Å². The molecule has 0 aromatic carbocycles. The third-order valence-electron chi connectivity index (χ3n) is 5.14. The highest BCUT2D eigenvalue weighted by Crippen LogP contribution is 2.47. The number of Topliss-reactive ketones (excluding diaryl/α,β-unsaturated/α-hetero) is 1. The first kappa shape index (κ1) is 17.1. The van der Waals surface area contributed by atoms with Gasteiger partial charge < -0.3 is 14.2 Å². The zero-order valence-electron chi connectivity index (χ0n) is 14.4. The number of ether oxygens (including phenoxy) is 1. The molecule has 1 aromatic heterocycles. The second-order valence-corrected chi connectivity index (χ2v) is 8.14. The summed E-state index contributed by atoms with van der Waals surface area (Å²) < 4.78 is 7.17. The zero-order valence-corrected chi connectivity index (χ0v) is 15.2. The number of fused-ring (bicyclic) bond motifs is 1. The van der Waals surface area contributed by atoms with Gasteiger partial charge in [-0.25, -0.2) is 4.79 Å². The van der Waals surface area contributed by atoms with Gasteiger partial charge >= 0.3 is 5.97 Å². The monoisotopic (exact) mass is 350 g/mol. The van der Waals surface area contributed by atoms with Crippen molar-refractivity contribution in [2.24, 2.45) is 7.05 Å². The quantitative estimate of drug-likeness (QED) is 0.612. The highest BCUT2D eigenvalue weighted by atomic mass is 32.2. The normalized spacial score (nSPS) is 25.9. The van der Waals surface area contributed by atoms with Crippen molar-refractivity contribution < 1.29 is 19.1 Å². The number of hydrogen-bond donors (Lipinski definition) is 0. The van der Waals surface area contributed by atoms with Gasteiger partial charge in [0.2, 0.25) is 11.7 Å². The van der Waals surface area contributed by atoms with E-state index in [1.54, 1.807) is 22.7 Å². The van der Waals surface area contributed by atoms with E-state index in [0.717, 1.165) is 17.8 Å². The predicted octanol–water partition coefficient (Wildman–Crippen LogP) is 1.82. The predicted molar refractivity (Wildman–Crippen MR) is 90.9 cm³/mol. The van der Waals surface area contributed by atoms with Gasteiger partial charge in [-0.15, -0.1) is 11.8 Å². The molecule has 3 rings (SSSR count). The molecule has 24 heavy (non-hydrogen) atoms. The molecule has 0 saturated carbocycles. The van der Waals surface area contributed by atoms with E-state index in [9.17, 15) is 14.4 Å². The molecule has 130 valence electrons. The van der Waals surface area contributed by atoms with Crippen LogP contribution >= 0.6 is 11.8 Å². The summed E-state index contributed by atoms with van der Waals surface area (Å²) in [7, 11) is 1.89. The third kappa shape index (κ3) is 2.64. The number of amides is 1. The summed E-state index contributed by atoms with van der Waals surface area (Å²) >= 11 is 1.61. The van der Waals surface area contributed by atoms with Gasteiger partial charge in [0.25, 0.3) is 0 Å². The van der Waals surface area contributed by atoms with E-state index in [-0.39, 0.29) is 23.2 Å². The van der Waals surface area contributed by atoms with Gasteiger partial charge in [0, 0.05) is 36.2 Å². The minimum atomic E-state index is -0.582. The Bertz CT molecular complexity index is 726. The Labute approximate surface area is 145 Å². The van der Waals surface area contributed by atoms with E-state index in [2.05, 4.69) is 0 Å². The molecule has 0 bridgehead atoms. The van der Waals surface area contributed by atoms with Gasteiger partial charge in [-0.05, 0) is 33.3 Å². The van der Waals surface area contributed by atoms with E-state index < -0.39 is 12.0 Å². The van der Waals surface area contributed by atoms with Crippen LogP contribution in [0.15, 0.2) is 6.07 Å². The summed E-state index contributed by atoms with van der Waals surface area (Å²) in [5, 5.41) is 0. The molecule has 7 heteroatoms. The molecular weight excluding hydrogens is 328 g/mol. The smallest absolute Gasteiger partial charge is 0.330 e. The molecule has 1 aromatic rings. The second kappa shape index (κ2) is 5.95. The molecule has 2 aliphatic heterocycles. The molecule has 0 spiro atoms. The Morgan fingerprint density at radius 1 is 1.42 bits per heavy atom. The third-order valence-corrected chi connectivity index (χ3v) is 6.64. The van der Waals surface area contributed by atoms with Crippen LogP contribution < -0.4 is 0 Å². The molecule has 2 saturated heterocycles. The number of rotatable bonds is 4. The van der Waals surface area contributed by atoms with E-state index in [0.29, 0.717) is 17.7 Å². The number of carbonyl (C=O) groups excluding carboxylic acids is 3. The van der Waals surface area contributed by atoms with Crippen molar-refractivity contribution >= 4 is 29.4 Å². The molecule has 1 amide bonds.